The van der Waals surface area contributed by atoms with Crippen molar-refractivity contribution in [2.45, 2.75) is 27.3 Å². The van der Waals surface area contributed by atoms with E-state index < -0.39 is 0 Å². The Balaban J connectivity index is 2.12. The van der Waals surface area contributed by atoms with Crippen molar-refractivity contribution in [2.75, 3.05) is 17.7 Å². The third kappa shape index (κ3) is 3.08. The van der Waals surface area contributed by atoms with Crippen LogP contribution in [0.1, 0.15) is 22.3 Å². The van der Waals surface area contributed by atoms with Crippen molar-refractivity contribution in [3.63, 3.8) is 0 Å². The lowest BCUT2D eigenvalue weighted by Gasteiger charge is -2.14. The molecule has 0 saturated heterocycles. The van der Waals surface area contributed by atoms with Gasteiger partial charge in [0.2, 0.25) is 0 Å². The highest BCUT2D eigenvalue weighted by Crippen LogP contribution is 2.22. The van der Waals surface area contributed by atoms with Gasteiger partial charge in [-0.15, -0.1) is 0 Å². The average molecular weight is 254 g/mol. The van der Waals surface area contributed by atoms with Crippen LogP contribution in [-0.4, -0.2) is 7.05 Å². The van der Waals surface area contributed by atoms with Crippen LogP contribution in [-0.2, 0) is 6.54 Å². The minimum atomic E-state index is 0.846. The first-order valence-corrected chi connectivity index (χ1v) is 6.69. The molecular formula is C17H22N2. The third-order valence-corrected chi connectivity index (χ3v) is 3.76. The Morgan fingerprint density at radius 1 is 0.947 bits per heavy atom. The summed E-state index contributed by atoms with van der Waals surface area (Å²) in [6, 6.07) is 12.8. The normalized spacial score (nSPS) is 10.3. The van der Waals surface area contributed by atoms with Crippen molar-refractivity contribution >= 4 is 11.4 Å². The molecule has 2 N–H and O–H groups in total. The monoisotopic (exact) mass is 254 g/mol. The van der Waals surface area contributed by atoms with Crippen molar-refractivity contribution in [1.82, 2.24) is 0 Å². The summed E-state index contributed by atoms with van der Waals surface area (Å²) in [5, 5.41) is 6.69. The van der Waals surface area contributed by atoms with Gasteiger partial charge in [0, 0.05) is 25.0 Å². The summed E-state index contributed by atoms with van der Waals surface area (Å²) in [5.74, 6) is 0. The summed E-state index contributed by atoms with van der Waals surface area (Å²) in [7, 11) is 1.94. The van der Waals surface area contributed by atoms with Crippen LogP contribution in [0.4, 0.5) is 11.4 Å². The molecule has 2 aromatic carbocycles. The molecule has 0 aliphatic heterocycles. The predicted molar refractivity (Wildman–Crippen MR) is 84.0 cm³/mol. The highest BCUT2D eigenvalue weighted by molar-refractivity contribution is 5.56. The first-order chi connectivity index (χ1) is 9.11. The molecule has 0 unspecified atom stereocenters. The Bertz CT molecular complexity index is 573. The number of hydrogen-bond donors (Lipinski definition) is 2. The molecule has 0 atom stereocenters. The molecule has 0 aromatic heterocycles. The van der Waals surface area contributed by atoms with Gasteiger partial charge in [0.1, 0.15) is 0 Å². The van der Waals surface area contributed by atoms with Crippen LogP contribution in [0, 0.1) is 20.8 Å². The number of anilines is 2. The number of nitrogens with one attached hydrogen (secondary N) is 2. The first kappa shape index (κ1) is 13.5. The second-order valence-electron chi connectivity index (χ2n) is 4.98. The molecule has 100 valence electrons. The molecule has 0 amide bonds. The third-order valence-electron chi connectivity index (χ3n) is 3.76. The summed E-state index contributed by atoms with van der Waals surface area (Å²) < 4.78 is 0. The van der Waals surface area contributed by atoms with E-state index in [1.807, 2.05) is 7.05 Å². The highest BCUT2D eigenvalue weighted by Gasteiger charge is 2.03. The Morgan fingerprint density at radius 2 is 1.74 bits per heavy atom. The van der Waals surface area contributed by atoms with Gasteiger partial charge in [-0.2, -0.15) is 0 Å². The van der Waals surface area contributed by atoms with Crippen LogP contribution in [0.5, 0.6) is 0 Å². The molecular weight excluding hydrogens is 232 g/mol. The van der Waals surface area contributed by atoms with Gasteiger partial charge >= 0.3 is 0 Å². The molecule has 0 radical (unpaired) electrons. The van der Waals surface area contributed by atoms with Gasteiger partial charge in [-0.25, -0.2) is 0 Å². The molecule has 0 spiro atoms. The van der Waals surface area contributed by atoms with Crippen LogP contribution in [0.3, 0.4) is 0 Å². The van der Waals surface area contributed by atoms with E-state index in [9.17, 15) is 0 Å². The topological polar surface area (TPSA) is 24.1 Å². The number of rotatable bonds is 4. The molecule has 0 fully saturated rings. The standard InChI is InChI=1S/C17H22N2/c1-12-8-9-17(14(3)13(12)2)19-11-15-6-5-7-16(10-15)18-4/h5-10,18-19H,11H2,1-4H3. The fraction of sp³-hybridized carbons (Fsp3) is 0.294. The van der Waals surface area contributed by atoms with E-state index >= 15 is 0 Å². The minimum Gasteiger partial charge on any atom is -0.388 e. The van der Waals surface area contributed by atoms with E-state index in [0.717, 1.165) is 12.2 Å². The van der Waals surface area contributed by atoms with Crippen LogP contribution < -0.4 is 10.6 Å². The number of aryl methyl sites for hydroxylation is 1. The number of benzene rings is 2. The molecule has 0 saturated carbocycles. The molecule has 0 bridgehead atoms. The van der Waals surface area contributed by atoms with Gasteiger partial charge < -0.3 is 10.6 Å². The maximum Gasteiger partial charge on any atom is 0.0401 e. The Morgan fingerprint density at radius 3 is 2.47 bits per heavy atom. The molecule has 2 nitrogen and oxygen atoms in total. The fourth-order valence-corrected chi connectivity index (χ4v) is 2.18. The lowest BCUT2D eigenvalue weighted by molar-refractivity contribution is 1.13. The van der Waals surface area contributed by atoms with Crippen molar-refractivity contribution in [3.8, 4) is 0 Å². The zero-order valence-electron chi connectivity index (χ0n) is 12.2. The van der Waals surface area contributed by atoms with E-state index in [4.69, 9.17) is 0 Å². The molecule has 0 aliphatic rings. The SMILES string of the molecule is CNc1cccc(CNc2ccc(C)c(C)c2C)c1. The minimum absolute atomic E-state index is 0.846. The van der Waals surface area contributed by atoms with Crippen LogP contribution in [0.25, 0.3) is 0 Å². The summed E-state index contributed by atoms with van der Waals surface area (Å²) in [6.45, 7) is 7.35. The van der Waals surface area contributed by atoms with Gasteiger partial charge in [-0.3, -0.25) is 0 Å². The van der Waals surface area contributed by atoms with E-state index in [1.54, 1.807) is 0 Å². The molecule has 19 heavy (non-hydrogen) atoms. The molecule has 2 aromatic rings. The van der Waals surface area contributed by atoms with Crippen molar-refractivity contribution in [2.24, 2.45) is 0 Å². The zero-order valence-corrected chi connectivity index (χ0v) is 12.2. The average Bonchev–Trinajstić information content (AvgIpc) is 2.44. The molecule has 2 rings (SSSR count). The lowest BCUT2D eigenvalue weighted by Crippen LogP contribution is -2.03. The van der Waals surface area contributed by atoms with Crippen LogP contribution >= 0.6 is 0 Å². The summed E-state index contributed by atoms with van der Waals surface area (Å²) in [6.07, 6.45) is 0. The fourth-order valence-electron chi connectivity index (χ4n) is 2.18. The van der Waals surface area contributed by atoms with Gasteiger partial charge in [-0.05, 0) is 61.2 Å². The van der Waals surface area contributed by atoms with Gasteiger partial charge in [0.25, 0.3) is 0 Å². The summed E-state index contributed by atoms with van der Waals surface area (Å²) in [4.78, 5) is 0. The first-order valence-electron chi connectivity index (χ1n) is 6.69. The molecule has 2 heteroatoms. The van der Waals surface area contributed by atoms with E-state index in [0.29, 0.717) is 0 Å². The maximum absolute atomic E-state index is 3.52. The largest absolute Gasteiger partial charge is 0.388 e. The van der Waals surface area contributed by atoms with Crippen molar-refractivity contribution in [3.05, 3.63) is 58.7 Å². The van der Waals surface area contributed by atoms with E-state index in [1.165, 1.54) is 27.9 Å². The van der Waals surface area contributed by atoms with Crippen molar-refractivity contribution in [1.29, 1.82) is 0 Å². The maximum atomic E-state index is 3.52. The second-order valence-corrected chi connectivity index (χ2v) is 4.98. The van der Waals surface area contributed by atoms with E-state index in [-0.39, 0.29) is 0 Å². The lowest BCUT2D eigenvalue weighted by atomic mass is 10.0. The quantitative estimate of drug-likeness (QED) is 0.851. The van der Waals surface area contributed by atoms with Crippen LogP contribution in [0.15, 0.2) is 36.4 Å². The van der Waals surface area contributed by atoms with E-state index in [2.05, 4.69) is 67.8 Å². The zero-order chi connectivity index (χ0) is 13.8. The smallest absolute Gasteiger partial charge is 0.0401 e. The Hall–Kier alpha value is -1.96. The highest BCUT2D eigenvalue weighted by atomic mass is 14.9. The van der Waals surface area contributed by atoms with Gasteiger partial charge in [0.05, 0.1) is 0 Å². The van der Waals surface area contributed by atoms with Crippen molar-refractivity contribution < 1.29 is 0 Å². The van der Waals surface area contributed by atoms with Gasteiger partial charge in [0.15, 0.2) is 0 Å². The number of hydrogen-bond acceptors (Lipinski definition) is 2. The Labute approximate surface area is 115 Å². The summed E-state index contributed by atoms with van der Waals surface area (Å²) in [5.41, 5.74) is 7.71. The van der Waals surface area contributed by atoms with Gasteiger partial charge in [-0.1, -0.05) is 18.2 Å². The Kier molecular flexibility index (Phi) is 4.10. The predicted octanol–water partition coefficient (Wildman–Crippen LogP) is 4.27. The summed E-state index contributed by atoms with van der Waals surface area (Å²) >= 11 is 0. The molecule has 0 aliphatic carbocycles. The van der Waals surface area contributed by atoms with Crippen LogP contribution in [0.2, 0.25) is 0 Å². The molecule has 0 heterocycles. The second kappa shape index (κ2) is 5.79.